The zero-order valence-electron chi connectivity index (χ0n) is 8.72. The molecule has 0 radical (unpaired) electrons. The minimum absolute atomic E-state index is 0.865. The van der Waals surface area contributed by atoms with Crippen LogP contribution in [-0.4, -0.2) is 6.54 Å². The lowest BCUT2D eigenvalue weighted by Gasteiger charge is -2.11. The molecule has 14 heavy (non-hydrogen) atoms. The molecule has 1 rings (SSSR count). The van der Waals surface area contributed by atoms with Gasteiger partial charge in [0.15, 0.2) is 0 Å². The van der Waals surface area contributed by atoms with Gasteiger partial charge in [-0.1, -0.05) is 38.1 Å². The van der Waals surface area contributed by atoms with Gasteiger partial charge in [0, 0.05) is 12.2 Å². The summed E-state index contributed by atoms with van der Waals surface area (Å²) in [6.07, 6.45) is 2.38. The highest BCUT2D eigenvalue weighted by molar-refractivity contribution is 5.46. The second kappa shape index (κ2) is 6.08. The molecule has 0 bridgehead atoms. The molecular weight excluding hydrogens is 172 g/mol. The van der Waals surface area contributed by atoms with Crippen LogP contribution >= 0.6 is 0 Å². The third kappa shape index (κ3) is 3.99. The SMILES string of the molecule is C=C(NCCCC)Nc1ccccc1. The van der Waals surface area contributed by atoms with Crippen LogP contribution in [0, 0.1) is 0 Å². The van der Waals surface area contributed by atoms with Gasteiger partial charge >= 0.3 is 0 Å². The van der Waals surface area contributed by atoms with Gasteiger partial charge in [-0.2, -0.15) is 0 Å². The Kier molecular flexibility index (Phi) is 4.62. The van der Waals surface area contributed by atoms with Crippen LogP contribution in [0.5, 0.6) is 0 Å². The molecule has 1 aromatic carbocycles. The summed E-state index contributed by atoms with van der Waals surface area (Å²) in [5, 5.41) is 6.42. The predicted molar refractivity (Wildman–Crippen MR) is 62.1 cm³/mol. The second-order valence-electron chi connectivity index (χ2n) is 3.25. The van der Waals surface area contributed by atoms with Crippen molar-refractivity contribution < 1.29 is 0 Å². The summed E-state index contributed by atoms with van der Waals surface area (Å²) < 4.78 is 0. The summed E-state index contributed by atoms with van der Waals surface area (Å²) in [6, 6.07) is 10.0. The summed E-state index contributed by atoms with van der Waals surface area (Å²) in [7, 11) is 0. The van der Waals surface area contributed by atoms with E-state index in [1.54, 1.807) is 0 Å². The number of rotatable bonds is 6. The first kappa shape index (κ1) is 10.6. The first-order valence-corrected chi connectivity index (χ1v) is 5.07. The van der Waals surface area contributed by atoms with Crippen molar-refractivity contribution in [1.29, 1.82) is 0 Å². The van der Waals surface area contributed by atoms with Gasteiger partial charge in [-0.05, 0) is 18.6 Å². The normalized spacial score (nSPS) is 9.50. The van der Waals surface area contributed by atoms with Crippen LogP contribution in [0.15, 0.2) is 42.7 Å². The minimum Gasteiger partial charge on any atom is -0.372 e. The van der Waals surface area contributed by atoms with Gasteiger partial charge in [-0.25, -0.2) is 0 Å². The highest BCUT2D eigenvalue weighted by Gasteiger charge is 1.92. The highest BCUT2D eigenvalue weighted by atomic mass is 15.1. The van der Waals surface area contributed by atoms with E-state index in [0.717, 1.165) is 18.1 Å². The predicted octanol–water partition coefficient (Wildman–Crippen LogP) is 2.96. The Hall–Kier alpha value is -1.44. The lowest BCUT2D eigenvalue weighted by atomic mass is 10.3. The molecule has 0 atom stereocenters. The number of para-hydroxylation sites is 1. The van der Waals surface area contributed by atoms with E-state index in [1.807, 2.05) is 30.3 Å². The fourth-order valence-corrected chi connectivity index (χ4v) is 1.16. The van der Waals surface area contributed by atoms with E-state index in [1.165, 1.54) is 12.8 Å². The van der Waals surface area contributed by atoms with Crippen molar-refractivity contribution in [2.45, 2.75) is 19.8 Å². The zero-order chi connectivity index (χ0) is 10.2. The second-order valence-corrected chi connectivity index (χ2v) is 3.25. The van der Waals surface area contributed by atoms with E-state index in [4.69, 9.17) is 0 Å². The quantitative estimate of drug-likeness (QED) is 0.674. The fourth-order valence-electron chi connectivity index (χ4n) is 1.16. The Balaban J connectivity index is 2.27. The zero-order valence-corrected chi connectivity index (χ0v) is 8.72. The third-order valence-electron chi connectivity index (χ3n) is 1.94. The molecule has 0 aliphatic rings. The average Bonchev–Trinajstić information content (AvgIpc) is 2.20. The first-order chi connectivity index (χ1) is 6.83. The van der Waals surface area contributed by atoms with Gasteiger partial charge < -0.3 is 10.6 Å². The molecule has 0 fully saturated rings. The molecule has 76 valence electrons. The van der Waals surface area contributed by atoms with Crippen LogP contribution in [-0.2, 0) is 0 Å². The minimum atomic E-state index is 0.865. The van der Waals surface area contributed by atoms with E-state index in [2.05, 4.69) is 24.1 Å². The Morgan fingerprint density at radius 3 is 2.64 bits per heavy atom. The smallest absolute Gasteiger partial charge is 0.0957 e. The summed E-state index contributed by atoms with van der Waals surface area (Å²) >= 11 is 0. The van der Waals surface area contributed by atoms with Gasteiger partial charge in [0.05, 0.1) is 5.82 Å². The Morgan fingerprint density at radius 1 is 1.29 bits per heavy atom. The molecule has 0 saturated heterocycles. The van der Waals surface area contributed by atoms with E-state index in [-0.39, 0.29) is 0 Å². The lowest BCUT2D eigenvalue weighted by Crippen LogP contribution is -2.19. The van der Waals surface area contributed by atoms with E-state index in [9.17, 15) is 0 Å². The lowest BCUT2D eigenvalue weighted by molar-refractivity contribution is 0.714. The van der Waals surface area contributed by atoms with Crippen molar-refractivity contribution in [3.8, 4) is 0 Å². The molecule has 2 N–H and O–H groups in total. The third-order valence-corrected chi connectivity index (χ3v) is 1.94. The van der Waals surface area contributed by atoms with E-state index in [0.29, 0.717) is 0 Å². The number of nitrogens with one attached hydrogen (secondary N) is 2. The average molecular weight is 190 g/mol. The van der Waals surface area contributed by atoms with Crippen LogP contribution in [0.1, 0.15) is 19.8 Å². The van der Waals surface area contributed by atoms with Crippen molar-refractivity contribution in [3.05, 3.63) is 42.7 Å². The Morgan fingerprint density at radius 2 is 2.00 bits per heavy atom. The molecule has 1 aromatic rings. The maximum Gasteiger partial charge on any atom is 0.0957 e. The standard InChI is InChI=1S/C12H18N2/c1-3-4-10-13-11(2)14-12-8-6-5-7-9-12/h5-9,13-14H,2-4,10H2,1H3. The topological polar surface area (TPSA) is 24.1 Å². The van der Waals surface area contributed by atoms with Gasteiger partial charge in [0.2, 0.25) is 0 Å². The fraction of sp³-hybridized carbons (Fsp3) is 0.333. The van der Waals surface area contributed by atoms with Crippen LogP contribution < -0.4 is 10.6 Å². The van der Waals surface area contributed by atoms with Gasteiger partial charge in [-0.15, -0.1) is 0 Å². The highest BCUT2D eigenvalue weighted by Crippen LogP contribution is 2.06. The summed E-state index contributed by atoms with van der Waals surface area (Å²) in [6.45, 7) is 7.06. The number of benzene rings is 1. The van der Waals surface area contributed by atoms with Crippen molar-refractivity contribution in [1.82, 2.24) is 5.32 Å². The molecular formula is C12H18N2. The molecule has 0 heterocycles. The number of unbranched alkanes of at least 4 members (excludes halogenated alkanes) is 1. The molecule has 2 nitrogen and oxygen atoms in total. The van der Waals surface area contributed by atoms with Gasteiger partial charge in [-0.3, -0.25) is 0 Å². The maximum absolute atomic E-state index is 3.90. The molecule has 0 aliphatic heterocycles. The van der Waals surface area contributed by atoms with Crippen molar-refractivity contribution in [2.75, 3.05) is 11.9 Å². The van der Waals surface area contributed by atoms with Crippen LogP contribution in [0.4, 0.5) is 5.69 Å². The van der Waals surface area contributed by atoms with Gasteiger partial charge in [0.1, 0.15) is 0 Å². The molecule has 0 amide bonds. The van der Waals surface area contributed by atoms with Crippen molar-refractivity contribution in [3.63, 3.8) is 0 Å². The first-order valence-electron chi connectivity index (χ1n) is 5.07. The molecule has 0 unspecified atom stereocenters. The molecule has 2 heteroatoms. The van der Waals surface area contributed by atoms with Crippen LogP contribution in [0.2, 0.25) is 0 Å². The maximum atomic E-state index is 3.90. The summed E-state index contributed by atoms with van der Waals surface area (Å²) in [5.41, 5.74) is 1.07. The van der Waals surface area contributed by atoms with Crippen LogP contribution in [0.3, 0.4) is 0 Å². The van der Waals surface area contributed by atoms with Crippen molar-refractivity contribution >= 4 is 5.69 Å². The number of anilines is 1. The largest absolute Gasteiger partial charge is 0.372 e. The summed E-state index contributed by atoms with van der Waals surface area (Å²) in [4.78, 5) is 0. The summed E-state index contributed by atoms with van der Waals surface area (Å²) in [5.74, 6) is 0.865. The molecule has 0 aliphatic carbocycles. The monoisotopic (exact) mass is 190 g/mol. The Bertz CT molecular complexity index is 267. The Labute approximate surface area is 86.0 Å². The van der Waals surface area contributed by atoms with Crippen molar-refractivity contribution in [2.24, 2.45) is 0 Å². The molecule has 0 aromatic heterocycles. The number of hydrogen-bond donors (Lipinski definition) is 2. The molecule has 0 saturated carbocycles. The molecule has 0 spiro atoms. The van der Waals surface area contributed by atoms with Crippen LogP contribution in [0.25, 0.3) is 0 Å². The number of hydrogen-bond acceptors (Lipinski definition) is 2. The van der Waals surface area contributed by atoms with Gasteiger partial charge in [0.25, 0.3) is 0 Å². The van der Waals surface area contributed by atoms with E-state index < -0.39 is 0 Å². The van der Waals surface area contributed by atoms with E-state index >= 15 is 0 Å².